The molecule has 1 N–H and O–H groups in total. The molecular weight excluding hydrogens is 901 g/mol. The third kappa shape index (κ3) is 7.69. The summed E-state index contributed by atoms with van der Waals surface area (Å²) >= 11 is 0. The van der Waals surface area contributed by atoms with Crippen molar-refractivity contribution in [1.82, 2.24) is 4.57 Å². The smallest absolute Gasteiger partial charge is 0.291 e. The van der Waals surface area contributed by atoms with Crippen molar-refractivity contribution >= 4 is 83.7 Å². The average Bonchev–Trinajstić information content (AvgIpc) is 3.84. The molecule has 0 spiro atoms. The minimum Gasteiger partial charge on any atom is -0.386 e. The maximum Gasteiger partial charge on any atom is 0.291 e. The van der Waals surface area contributed by atoms with Gasteiger partial charge in [0.1, 0.15) is 5.69 Å². The SMILES string of the molecule is CNc1ccccc1N(CC1CC(c2n(-c3ccccc3)c3ccccc3[n+]2C)=c2ccc3c(N(c4ccccc4)c4ccccc4)cc(N(c4ccccc4)c4ccccc4)c4ccc1c2c43)C1C=CC=CC1. The number of imidazole rings is 1. The van der Waals surface area contributed by atoms with Gasteiger partial charge in [-0.2, -0.15) is 4.57 Å². The Bertz CT molecular complexity index is 3760. The van der Waals surface area contributed by atoms with Crippen molar-refractivity contribution in [1.29, 1.82) is 0 Å². The third-order valence-corrected chi connectivity index (χ3v) is 15.3. The lowest BCUT2D eigenvalue weighted by molar-refractivity contribution is -0.648. The van der Waals surface area contributed by atoms with E-state index in [1.54, 1.807) is 0 Å². The first kappa shape index (κ1) is 44.8. The summed E-state index contributed by atoms with van der Waals surface area (Å²) in [5.74, 6) is 1.29. The molecule has 1 heterocycles. The van der Waals surface area contributed by atoms with Gasteiger partial charge in [-0.3, -0.25) is 0 Å². The lowest BCUT2D eigenvalue weighted by Gasteiger charge is -2.38. The number of nitrogens with zero attached hydrogens (tertiary/aromatic N) is 5. The molecule has 1 aromatic heterocycles. The van der Waals surface area contributed by atoms with E-state index < -0.39 is 0 Å². The largest absolute Gasteiger partial charge is 0.386 e. The van der Waals surface area contributed by atoms with Crippen molar-refractivity contribution < 1.29 is 4.57 Å². The van der Waals surface area contributed by atoms with E-state index in [-0.39, 0.29) is 12.0 Å². The molecule has 0 saturated carbocycles. The molecule has 11 aromatic rings. The zero-order valence-corrected chi connectivity index (χ0v) is 41.8. The fourth-order valence-corrected chi connectivity index (χ4v) is 12.1. The van der Waals surface area contributed by atoms with E-state index in [4.69, 9.17) is 0 Å². The zero-order chi connectivity index (χ0) is 49.5. The van der Waals surface area contributed by atoms with E-state index in [1.807, 2.05) is 7.05 Å². The molecule has 13 rings (SSSR count). The summed E-state index contributed by atoms with van der Waals surface area (Å²) in [7, 11) is 4.30. The van der Waals surface area contributed by atoms with Gasteiger partial charge in [0.25, 0.3) is 5.82 Å². The Kier molecular flexibility index (Phi) is 11.6. The monoisotopic (exact) mass is 957 g/mol. The summed E-state index contributed by atoms with van der Waals surface area (Å²) in [6, 6.07) is 84.5. The van der Waals surface area contributed by atoms with Crippen LogP contribution in [-0.4, -0.2) is 24.2 Å². The van der Waals surface area contributed by atoms with Crippen LogP contribution >= 0.6 is 0 Å². The van der Waals surface area contributed by atoms with E-state index in [2.05, 4.69) is 291 Å². The third-order valence-electron chi connectivity index (χ3n) is 15.3. The van der Waals surface area contributed by atoms with Crippen LogP contribution in [0, 0.1) is 0 Å². The van der Waals surface area contributed by atoms with Gasteiger partial charge in [0.05, 0.1) is 41.4 Å². The topological polar surface area (TPSA) is 30.6 Å². The normalized spacial score (nSPS) is 15.0. The van der Waals surface area contributed by atoms with Crippen LogP contribution in [-0.2, 0) is 7.05 Å². The Morgan fingerprint density at radius 3 is 1.66 bits per heavy atom. The number of hydrogen-bond donors (Lipinski definition) is 1. The molecule has 0 aliphatic heterocycles. The van der Waals surface area contributed by atoms with E-state index in [0.29, 0.717) is 0 Å². The summed E-state index contributed by atoms with van der Waals surface area (Å²) < 4.78 is 4.95. The van der Waals surface area contributed by atoms with Gasteiger partial charge in [-0.1, -0.05) is 164 Å². The molecule has 2 atom stereocenters. The predicted octanol–water partition coefficient (Wildman–Crippen LogP) is 15.5. The van der Waals surface area contributed by atoms with Gasteiger partial charge >= 0.3 is 0 Å². The molecule has 358 valence electrons. The second kappa shape index (κ2) is 19.1. The van der Waals surface area contributed by atoms with Crippen LogP contribution in [0.5, 0.6) is 0 Å². The number of aromatic nitrogens is 2. The van der Waals surface area contributed by atoms with E-state index in [1.165, 1.54) is 60.4 Å². The van der Waals surface area contributed by atoms with Crippen molar-refractivity contribution in [3.05, 3.63) is 271 Å². The number of para-hydroxylation sites is 9. The van der Waals surface area contributed by atoms with Crippen molar-refractivity contribution in [2.24, 2.45) is 7.05 Å². The highest BCUT2D eigenvalue weighted by atomic mass is 15.2. The summed E-state index contributed by atoms with van der Waals surface area (Å²) in [5.41, 5.74) is 15.2. The summed E-state index contributed by atoms with van der Waals surface area (Å²) in [6.07, 6.45) is 10.9. The second-order valence-electron chi connectivity index (χ2n) is 19.5. The van der Waals surface area contributed by atoms with Crippen LogP contribution in [0.3, 0.4) is 0 Å². The zero-order valence-electron chi connectivity index (χ0n) is 41.8. The number of nitrogens with one attached hydrogen (secondary N) is 1. The van der Waals surface area contributed by atoms with Gasteiger partial charge in [-0.15, -0.1) is 0 Å². The summed E-state index contributed by atoms with van der Waals surface area (Å²) in [6.45, 7) is 0.804. The van der Waals surface area contributed by atoms with Gasteiger partial charge in [-0.25, -0.2) is 4.57 Å². The lowest BCUT2D eigenvalue weighted by Crippen LogP contribution is -2.40. The number of aryl methyl sites for hydroxylation is 1. The second-order valence-corrected chi connectivity index (χ2v) is 19.5. The average molecular weight is 958 g/mol. The number of anilines is 8. The predicted molar refractivity (Wildman–Crippen MR) is 310 cm³/mol. The maximum absolute atomic E-state index is 3.57. The molecule has 0 saturated heterocycles. The number of fused-ring (bicyclic) bond motifs is 1. The minimum atomic E-state index is 0.102. The van der Waals surface area contributed by atoms with Crippen LogP contribution in [0.2, 0.25) is 0 Å². The maximum atomic E-state index is 3.57. The molecule has 6 nitrogen and oxygen atoms in total. The first-order valence-electron chi connectivity index (χ1n) is 25.9. The van der Waals surface area contributed by atoms with Crippen LogP contribution in [0.1, 0.15) is 30.1 Å². The summed E-state index contributed by atoms with van der Waals surface area (Å²) in [5, 5.41) is 9.81. The Morgan fingerprint density at radius 1 is 0.541 bits per heavy atom. The van der Waals surface area contributed by atoms with Crippen LogP contribution in [0.15, 0.2) is 255 Å². The van der Waals surface area contributed by atoms with E-state index in [0.717, 1.165) is 64.9 Å². The highest BCUT2D eigenvalue weighted by Gasteiger charge is 2.36. The summed E-state index contributed by atoms with van der Waals surface area (Å²) in [4.78, 5) is 7.58. The molecular formula is C68H57N6+. The molecule has 2 unspecified atom stereocenters. The quantitative estimate of drug-likeness (QED) is 0.117. The lowest BCUT2D eigenvalue weighted by atomic mass is 9.78. The molecule has 74 heavy (non-hydrogen) atoms. The van der Waals surface area contributed by atoms with E-state index in [9.17, 15) is 0 Å². The molecule has 0 radical (unpaired) electrons. The molecule has 2 aliphatic rings. The highest BCUT2D eigenvalue weighted by molar-refractivity contribution is 6.22. The van der Waals surface area contributed by atoms with Crippen molar-refractivity contribution in [3.8, 4) is 5.69 Å². The molecule has 0 fully saturated rings. The van der Waals surface area contributed by atoms with Crippen LogP contribution in [0.4, 0.5) is 45.5 Å². The first-order chi connectivity index (χ1) is 36.6. The molecule has 0 bridgehead atoms. The van der Waals surface area contributed by atoms with Gasteiger partial charge in [-0.05, 0) is 120 Å². The van der Waals surface area contributed by atoms with Gasteiger partial charge < -0.3 is 20.0 Å². The first-order valence-corrected chi connectivity index (χ1v) is 25.9. The number of allylic oxidation sites excluding steroid dienone is 2. The van der Waals surface area contributed by atoms with Gasteiger partial charge in [0.2, 0.25) is 0 Å². The molecule has 2 aliphatic carbocycles. The highest BCUT2D eigenvalue weighted by Crippen LogP contribution is 2.51. The van der Waals surface area contributed by atoms with Gasteiger partial charge in [0.15, 0.2) is 11.0 Å². The molecule has 10 aromatic carbocycles. The minimum absolute atomic E-state index is 0.102. The van der Waals surface area contributed by atoms with Crippen molar-refractivity contribution in [2.75, 3.05) is 33.6 Å². The molecule has 6 heteroatoms. The Balaban J connectivity index is 1.18. The fraction of sp³-hybridized carbons (Fsp3) is 0.103. The van der Waals surface area contributed by atoms with Crippen molar-refractivity contribution in [2.45, 2.75) is 24.8 Å². The Morgan fingerprint density at radius 2 is 1.08 bits per heavy atom. The van der Waals surface area contributed by atoms with Crippen LogP contribution < -0.4 is 29.8 Å². The molecule has 0 amide bonds. The number of benzene rings is 10. The number of rotatable bonds is 13. The fourth-order valence-electron chi connectivity index (χ4n) is 12.1. The Hall–Kier alpha value is -9.13. The Labute approximate surface area is 433 Å². The van der Waals surface area contributed by atoms with Gasteiger partial charge in [0, 0.05) is 58.4 Å². The van der Waals surface area contributed by atoms with Crippen molar-refractivity contribution in [3.63, 3.8) is 0 Å². The van der Waals surface area contributed by atoms with E-state index >= 15 is 0 Å². The standard InChI is InChI=1S/C68H57N6/c1-69-60-37-21-22-38-61(60)71(49-25-9-3-10-26-49)47-48-45-59(68-70(2)62-39-23-24-40-63(62)74(68)54-35-19-8-20-36-54)56-42-44-58-65(73(52-31-15-6-16-32-52)53-33-17-7-18-34-53)46-64(57-43-41-55(48)66(56)67(57)58)72(50-27-11-4-12-28-50)51-29-13-5-14-30-51/h3-25,27-44,46,48-49,69H,26,45,47H2,1-2H3/q+1. The number of hydrogen-bond acceptors (Lipinski definition) is 4. The van der Waals surface area contributed by atoms with Crippen LogP contribution in [0.25, 0.3) is 43.8 Å².